The van der Waals surface area contributed by atoms with Crippen LogP contribution in [0, 0.1) is 6.92 Å². The Morgan fingerprint density at radius 2 is 1.94 bits per heavy atom. The molecule has 0 spiro atoms. The van der Waals surface area contributed by atoms with E-state index in [1.54, 1.807) is 0 Å². The molecule has 0 amide bonds. The fraction of sp³-hybridized carbons (Fsp3) is 0.692. The van der Waals surface area contributed by atoms with Gasteiger partial charge in [0, 0.05) is 13.5 Å². The molecule has 18 heavy (non-hydrogen) atoms. The standard InChI is InChI=1S/C13H23N3O2/c1-6-11-15-12(14-5)10(4)13(16-11)18-8-7-17-9(2)3/h9H,6-8H2,1-5H3,(H,14,15,16). The second-order valence-corrected chi connectivity index (χ2v) is 4.29. The highest BCUT2D eigenvalue weighted by atomic mass is 16.5. The highest BCUT2D eigenvalue weighted by molar-refractivity contribution is 5.48. The van der Waals surface area contributed by atoms with E-state index in [0.717, 1.165) is 23.6 Å². The van der Waals surface area contributed by atoms with Gasteiger partial charge >= 0.3 is 0 Å². The predicted octanol–water partition coefficient (Wildman–Crippen LogP) is 2.19. The van der Waals surface area contributed by atoms with Gasteiger partial charge in [-0.3, -0.25) is 0 Å². The number of rotatable bonds is 7. The minimum absolute atomic E-state index is 0.221. The zero-order chi connectivity index (χ0) is 13.5. The first kappa shape index (κ1) is 14.7. The first-order valence-corrected chi connectivity index (χ1v) is 6.38. The number of nitrogens with one attached hydrogen (secondary N) is 1. The fourth-order valence-corrected chi connectivity index (χ4v) is 1.50. The van der Waals surface area contributed by atoms with Crippen LogP contribution in [0.1, 0.15) is 32.2 Å². The van der Waals surface area contributed by atoms with Crippen molar-refractivity contribution in [2.24, 2.45) is 0 Å². The topological polar surface area (TPSA) is 56.3 Å². The number of hydrogen-bond donors (Lipinski definition) is 1. The molecule has 0 aliphatic heterocycles. The quantitative estimate of drug-likeness (QED) is 0.755. The van der Waals surface area contributed by atoms with Crippen LogP contribution in [0.5, 0.6) is 5.88 Å². The van der Waals surface area contributed by atoms with Gasteiger partial charge < -0.3 is 14.8 Å². The molecule has 0 unspecified atom stereocenters. The molecule has 1 rings (SSSR count). The SMILES string of the molecule is CCc1nc(NC)c(C)c(OCCOC(C)C)n1. The highest BCUT2D eigenvalue weighted by Crippen LogP contribution is 2.21. The zero-order valence-corrected chi connectivity index (χ0v) is 11.9. The smallest absolute Gasteiger partial charge is 0.221 e. The van der Waals surface area contributed by atoms with Gasteiger partial charge in [0.15, 0.2) is 0 Å². The minimum Gasteiger partial charge on any atom is -0.475 e. The van der Waals surface area contributed by atoms with Crippen molar-refractivity contribution in [3.05, 3.63) is 11.4 Å². The largest absolute Gasteiger partial charge is 0.475 e. The molecule has 1 aromatic heterocycles. The third kappa shape index (κ3) is 4.14. The maximum atomic E-state index is 5.66. The summed E-state index contributed by atoms with van der Waals surface area (Å²) in [4.78, 5) is 8.78. The second kappa shape index (κ2) is 7.16. The third-order valence-electron chi connectivity index (χ3n) is 2.47. The summed E-state index contributed by atoms with van der Waals surface area (Å²) in [6.07, 6.45) is 1.01. The molecular formula is C13H23N3O2. The van der Waals surface area contributed by atoms with Gasteiger partial charge in [-0.05, 0) is 20.8 Å². The van der Waals surface area contributed by atoms with Crippen molar-refractivity contribution in [1.29, 1.82) is 0 Å². The fourth-order valence-electron chi connectivity index (χ4n) is 1.50. The van der Waals surface area contributed by atoms with Crippen LogP contribution in [0.4, 0.5) is 5.82 Å². The van der Waals surface area contributed by atoms with E-state index in [1.807, 2.05) is 34.7 Å². The number of ether oxygens (including phenoxy) is 2. The number of aryl methyl sites for hydroxylation is 1. The molecule has 1 heterocycles. The zero-order valence-electron chi connectivity index (χ0n) is 11.9. The van der Waals surface area contributed by atoms with E-state index in [1.165, 1.54) is 0 Å². The van der Waals surface area contributed by atoms with E-state index >= 15 is 0 Å². The first-order chi connectivity index (χ1) is 8.58. The van der Waals surface area contributed by atoms with Crippen LogP contribution in [-0.4, -0.2) is 36.3 Å². The molecule has 0 atom stereocenters. The van der Waals surface area contributed by atoms with E-state index in [2.05, 4.69) is 15.3 Å². The molecule has 0 radical (unpaired) electrons. The summed E-state index contributed by atoms with van der Waals surface area (Å²) in [6, 6.07) is 0. The Labute approximate surface area is 109 Å². The maximum Gasteiger partial charge on any atom is 0.221 e. The second-order valence-electron chi connectivity index (χ2n) is 4.29. The van der Waals surface area contributed by atoms with Crippen molar-refractivity contribution in [2.75, 3.05) is 25.6 Å². The predicted molar refractivity (Wildman–Crippen MR) is 72.3 cm³/mol. The van der Waals surface area contributed by atoms with Crippen LogP contribution < -0.4 is 10.1 Å². The Hall–Kier alpha value is -1.36. The lowest BCUT2D eigenvalue weighted by Crippen LogP contribution is -2.13. The van der Waals surface area contributed by atoms with Crippen molar-refractivity contribution in [1.82, 2.24) is 9.97 Å². The monoisotopic (exact) mass is 253 g/mol. The molecular weight excluding hydrogens is 230 g/mol. The van der Waals surface area contributed by atoms with Crippen LogP contribution >= 0.6 is 0 Å². The summed E-state index contributed by atoms with van der Waals surface area (Å²) in [5, 5.41) is 3.06. The summed E-state index contributed by atoms with van der Waals surface area (Å²) in [5.74, 6) is 2.24. The van der Waals surface area contributed by atoms with Gasteiger partial charge in [-0.25, -0.2) is 4.98 Å². The number of anilines is 1. The Kier molecular flexibility index (Phi) is 5.85. The summed E-state index contributed by atoms with van der Waals surface area (Å²) in [5.41, 5.74) is 0.930. The van der Waals surface area contributed by atoms with Crippen LogP contribution in [0.15, 0.2) is 0 Å². The molecule has 0 aliphatic carbocycles. The number of nitrogens with zero attached hydrogens (tertiary/aromatic N) is 2. The molecule has 0 fully saturated rings. The minimum atomic E-state index is 0.221. The molecule has 0 saturated heterocycles. The van der Waals surface area contributed by atoms with Gasteiger partial charge in [-0.1, -0.05) is 6.92 Å². The van der Waals surface area contributed by atoms with Crippen molar-refractivity contribution in [2.45, 2.75) is 40.2 Å². The molecule has 0 bridgehead atoms. The summed E-state index contributed by atoms with van der Waals surface area (Å²) >= 11 is 0. The van der Waals surface area contributed by atoms with E-state index in [4.69, 9.17) is 9.47 Å². The number of aromatic nitrogens is 2. The van der Waals surface area contributed by atoms with Crippen molar-refractivity contribution < 1.29 is 9.47 Å². The molecule has 0 aliphatic rings. The van der Waals surface area contributed by atoms with Crippen molar-refractivity contribution >= 4 is 5.82 Å². The van der Waals surface area contributed by atoms with Gasteiger partial charge in [-0.2, -0.15) is 4.98 Å². The van der Waals surface area contributed by atoms with Crippen LogP contribution in [0.2, 0.25) is 0 Å². The molecule has 0 aromatic carbocycles. The average molecular weight is 253 g/mol. The van der Waals surface area contributed by atoms with Gasteiger partial charge in [0.25, 0.3) is 0 Å². The van der Waals surface area contributed by atoms with E-state index < -0.39 is 0 Å². The summed E-state index contributed by atoms with van der Waals surface area (Å²) in [7, 11) is 1.85. The van der Waals surface area contributed by atoms with Crippen LogP contribution in [0.3, 0.4) is 0 Å². The lowest BCUT2D eigenvalue weighted by molar-refractivity contribution is 0.0540. The first-order valence-electron chi connectivity index (χ1n) is 6.38. The molecule has 1 aromatic rings. The molecule has 5 nitrogen and oxygen atoms in total. The van der Waals surface area contributed by atoms with Crippen molar-refractivity contribution in [3.63, 3.8) is 0 Å². The Morgan fingerprint density at radius 1 is 1.22 bits per heavy atom. The lowest BCUT2D eigenvalue weighted by atomic mass is 10.3. The average Bonchev–Trinajstić information content (AvgIpc) is 2.36. The Bertz CT molecular complexity index is 381. The van der Waals surface area contributed by atoms with E-state index in [0.29, 0.717) is 19.1 Å². The van der Waals surface area contributed by atoms with E-state index in [-0.39, 0.29) is 6.10 Å². The Balaban J connectivity index is 2.68. The summed E-state index contributed by atoms with van der Waals surface area (Å²) in [6.45, 7) is 9.05. The maximum absolute atomic E-state index is 5.66. The normalized spacial score (nSPS) is 10.8. The Morgan fingerprint density at radius 3 is 2.50 bits per heavy atom. The summed E-state index contributed by atoms with van der Waals surface area (Å²) < 4.78 is 11.1. The van der Waals surface area contributed by atoms with Gasteiger partial charge in [0.2, 0.25) is 5.88 Å². The van der Waals surface area contributed by atoms with Gasteiger partial charge in [-0.15, -0.1) is 0 Å². The molecule has 5 heteroatoms. The lowest BCUT2D eigenvalue weighted by Gasteiger charge is -2.13. The third-order valence-corrected chi connectivity index (χ3v) is 2.47. The van der Waals surface area contributed by atoms with Crippen LogP contribution in [-0.2, 0) is 11.2 Å². The molecule has 1 N–H and O–H groups in total. The van der Waals surface area contributed by atoms with E-state index in [9.17, 15) is 0 Å². The number of hydrogen-bond acceptors (Lipinski definition) is 5. The van der Waals surface area contributed by atoms with Gasteiger partial charge in [0.1, 0.15) is 18.2 Å². The van der Waals surface area contributed by atoms with Crippen molar-refractivity contribution in [3.8, 4) is 5.88 Å². The molecule has 0 saturated carbocycles. The highest BCUT2D eigenvalue weighted by Gasteiger charge is 2.10. The van der Waals surface area contributed by atoms with Gasteiger partial charge in [0.05, 0.1) is 18.3 Å². The molecule has 102 valence electrons. The van der Waals surface area contributed by atoms with Crippen LogP contribution in [0.25, 0.3) is 0 Å².